The summed E-state index contributed by atoms with van der Waals surface area (Å²) in [6.07, 6.45) is 1.60. The number of aryl methyl sites for hydroxylation is 2. The summed E-state index contributed by atoms with van der Waals surface area (Å²) in [6.45, 7) is 3.73. The maximum atomic E-state index is 12.9. The lowest BCUT2D eigenvalue weighted by atomic mass is 9.95. The van der Waals surface area contributed by atoms with Crippen LogP contribution in [-0.2, 0) is 20.2 Å². The molecule has 4 rings (SSSR count). The highest BCUT2D eigenvalue weighted by molar-refractivity contribution is 9.10. The predicted molar refractivity (Wildman–Crippen MR) is 127 cm³/mol. The van der Waals surface area contributed by atoms with Crippen molar-refractivity contribution in [3.8, 4) is 0 Å². The third-order valence-corrected chi connectivity index (χ3v) is 7.62. The molecule has 0 heterocycles. The molecule has 0 aliphatic heterocycles. The van der Waals surface area contributed by atoms with Gasteiger partial charge in [0.1, 0.15) is 0 Å². The Labute approximate surface area is 191 Å². The van der Waals surface area contributed by atoms with E-state index in [-0.39, 0.29) is 10.8 Å². The minimum atomic E-state index is -3.73. The number of halogens is 1. The first kappa shape index (κ1) is 21.6. The molecule has 1 saturated carbocycles. The summed E-state index contributed by atoms with van der Waals surface area (Å²) in [6, 6.07) is 19.7. The minimum Gasteiger partial charge on any atom is -0.325 e. The Morgan fingerprint density at radius 1 is 0.903 bits per heavy atom. The van der Waals surface area contributed by atoms with Crippen molar-refractivity contribution in [1.29, 1.82) is 0 Å². The molecule has 0 spiro atoms. The molecule has 3 aromatic carbocycles. The van der Waals surface area contributed by atoms with Crippen LogP contribution in [0.4, 0.5) is 11.4 Å². The maximum absolute atomic E-state index is 12.9. The van der Waals surface area contributed by atoms with E-state index in [0.717, 1.165) is 34.0 Å². The van der Waals surface area contributed by atoms with Gasteiger partial charge in [-0.1, -0.05) is 46.3 Å². The van der Waals surface area contributed by atoms with Gasteiger partial charge in [-0.25, -0.2) is 8.42 Å². The average Bonchev–Trinajstić information content (AvgIpc) is 3.54. The van der Waals surface area contributed by atoms with Crippen molar-refractivity contribution in [2.24, 2.45) is 0 Å². The molecule has 0 radical (unpaired) electrons. The van der Waals surface area contributed by atoms with Gasteiger partial charge in [-0.05, 0) is 79.8 Å². The van der Waals surface area contributed by atoms with Crippen LogP contribution in [0.15, 0.2) is 76.1 Å². The summed E-state index contributed by atoms with van der Waals surface area (Å²) in [5, 5.41) is 2.94. The van der Waals surface area contributed by atoms with E-state index in [0.29, 0.717) is 11.4 Å². The van der Waals surface area contributed by atoms with Crippen LogP contribution in [0.3, 0.4) is 0 Å². The van der Waals surface area contributed by atoms with Gasteiger partial charge in [0.25, 0.3) is 10.0 Å². The summed E-state index contributed by atoms with van der Waals surface area (Å²) < 4.78 is 29.3. The Bertz CT molecular complexity index is 1210. The SMILES string of the molecule is Cc1cccc(C)c1NS(=O)(=O)c1ccc(NC(=O)C2(c3ccc(Br)cc3)CC2)cc1. The molecular formula is C24H23BrN2O3S. The van der Waals surface area contributed by atoms with Crippen molar-refractivity contribution in [2.75, 3.05) is 10.0 Å². The van der Waals surface area contributed by atoms with E-state index in [9.17, 15) is 13.2 Å². The molecule has 5 nitrogen and oxygen atoms in total. The number of anilines is 2. The van der Waals surface area contributed by atoms with Crippen molar-refractivity contribution in [2.45, 2.75) is 37.0 Å². The van der Waals surface area contributed by atoms with Gasteiger partial charge in [0.05, 0.1) is 16.0 Å². The second-order valence-corrected chi connectivity index (χ2v) is 10.5. The first-order valence-electron chi connectivity index (χ1n) is 9.98. The van der Waals surface area contributed by atoms with Gasteiger partial charge in [-0.2, -0.15) is 0 Å². The fourth-order valence-electron chi connectivity index (χ4n) is 3.68. The average molecular weight is 499 g/mol. The summed E-state index contributed by atoms with van der Waals surface area (Å²) in [5.41, 5.74) is 3.36. The number of carbonyl (C=O) groups is 1. The van der Waals surface area contributed by atoms with Gasteiger partial charge in [0, 0.05) is 10.2 Å². The smallest absolute Gasteiger partial charge is 0.261 e. The number of rotatable bonds is 6. The Hall–Kier alpha value is -2.64. The molecule has 160 valence electrons. The monoisotopic (exact) mass is 498 g/mol. The second kappa shape index (κ2) is 8.13. The van der Waals surface area contributed by atoms with Crippen LogP contribution in [0, 0.1) is 13.8 Å². The van der Waals surface area contributed by atoms with Crippen LogP contribution < -0.4 is 10.0 Å². The number of carbonyl (C=O) groups excluding carboxylic acids is 1. The molecule has 0 aromatic heterocycles. The van der Waals surface area contributed by atoms with Crippen molar-refractivity contribution in [3.05, 3.63) is 87.9 Å². The van der Waals surface area contributed by atoms with Crippen molar-refractivity contribution in [1.82, 2.24) is 0 Å². The van der Waals surface area contributed by atoms with Crippen LogP contribution in [0.2, 0.25) is 0 Å². The number of benzene rings is 3. The lowest BCUT2D eigenvalue weighted by Gasteiger charge is -2.16. The summed E-state index contributed by atoms with van der Waals surface area (Å²) >= 11 is 3.42. The first-order chi connectivity index (χ1) is 14.7. The standard InChI is InChI=1S/C24H23BrN2O3S/c1-16-4-3-5-17(2)22(16)27-31(29,30)21-12-10-20(11-13-21)26-23(28)24(14-15-24)18-6-8-19(25)9-7-18/h3-13,27H,14-15H2,1-2H3,(H,26,28). The summed E-state index contributed by atoms with van der Waals surface area (Å²) in [5.74, 6) is -0.0703. The van der Waals surface area contributed by atoms with Crippen molar-refractivity contribution in [3.63, 3.8) is 0 Å². The molecule has 1 amide bonds. The van der Waals surface area contributed by atoms with E-state index in [2.05, 4.69) is 26.0 Å². The number of hydrogen-bond acceptors (Lipinski definition) is 3. The molecule has 1 aliphatic carbocycles. The molecule has 0 unspecified atom stereocenters. The third-order valence-electron chi connectivity index (χ3n) is 5.72. The fraction of sp³-hybridized carbons (Fsp3) is 0.208. The molecule has 3 aromatic rings. The number of hydrogen-bond donors (Lipinski definition) is 2. The minimum absolute atomic E-state index is 0.0703. The lowest BCUT2D eigenvalue weighted by Crippen LogP contribution is -2.27. The molecule has 1 fully saturated rings. The van der Waals surface area contributed by atoms with Crippen LogP contribution in [-0.4, -0.2) is 14.3 Å². The third kappa shape index (κ3) is 4.38. The topological polar surface area (TPSA) is 75.3 Å². The van der Waals surface area contributed by atoms with Gasteiger partial charge in [0.2, 0.25) is 5.91 Å². The number of amides is 1. The van der Waals surface area contributed by atoms with Gasteiger partial charge >= 0.3 is 0 Å². The quantitative estimate of drug-likeness (QED) is 0.468. The van der Waals surface area contributed by atoms with Gasteiger partial charge < -0.3 is 5.32 Å². The highest BCUT2D eigenvalue weighted by Crippen LogP contribution is 2.49. The summed E-state index contributed by atoms with van der Waals surface area (Å²) in [7, 11) is -3.73. The van der Waals surface area contributed by atoms with E-state index in [1.54, 1.807) is 12.1 Å². The molecule has 1 aliphatic rings. The fourth-order valence-corrected chi connectivity index (χ4v) is 5.14. The van der Waals surface area contributed by atoms with E-state index < -0.39 is 15.4 Å². The lowest BCUT2D eigenvalue weighted by molar-refractivity contribution is -0.118. The molecular weight excluding hydrogens is 476 g/mol. The van der Waals surface area contributed by atoms with Crippen LogP contribution in [0.1, 0.15) is 29.5 Å². The Morgan fingerprint density at radius 3 is 2.03 bits per heavy atom. The molecule has 2 N–H and O–H groups in total. The Balaban J connectivity index is 1.49. The first-order valence-corrected chi connectivity index (χ1v) is 12.3. The zero-order valence-electron chi connectivity index (χ0n) is 17.3. The molecule has 0 bridgehead atoms. The highest BCUT2D eigenvalue weighted by atomic mass is 79.9. The Kier molecular flexibility index (Phi) is 5.66. The normalized spacial score (nSPS) is 14.7. The second-order valence-electron chi connectivity index (χ2n) is 7.94. The molecule has 0 atom stereocenters. The van der Waals surface area contributed by atoms with Crippen LogP contribution in [0.25, 0.3) is 0 Å². The van der Waals surface area contributed by atoms with Crippen molar-refractivity contribution >= 4 is 43.2 Å². The van der Waals surface area contributed by atoms with Crippen LogP contribution >= 0.6 is 15.9 Å². The summed E-state index contributed by atoms with van der Waals surface area (Å²) in [4.78, 5) is 13.1. The Morgan fingerprint density at radius 2 is 1.48 bits per heavy atom. The van der Waals surface area contributed by atoms with Gasteiger partial charge in [-0.3, -0.25) is 9.52 Å². The van der Waals surface area contributed by atoms with E-state index in [1.165, 1.54) is 12.1 Å². The van der Waals surface area contributed by atoms with Gasteiger partial charge in [-0.15, -0.1) is 0 Å². The molecule has 7 heteroatoms. The maximum Gasteiger partial charge on any atom is 0.261 e. The van der Waals surface area contributed by atoms with E-state index in [4.69, 9.17) is 0 Å². The largest absolute Gasteiger partial charge is 0.325 e. The number of nitrogens with one attached hydrogen (secondary N) is 2. The van der Waals surface area contributed by atoms with E-state index >= 15 is 0 Å². The number of para-hydroxylation sites is 1. The van der Waals surface area contributed by atoms with Crippen molar-refractivity contribution < 1.29 is 13.2 Å². The predicted octanol–water partition coefficient (Wildman–Crippen LogP) is 5.54. The van der Waals surface area contributed by atoms with Gasteiger partial charge in [0.15, 0.2) is 0 Å². The highest BCUT2D eigenvalue weighted by Gasteiger charge is 2.51. The molecule has 31 heavy (non-hydrogen) atoms. The van der Waals surface area contributed by atoms with Crippen LogP contribution in [0.5, 0.6) is 0 Å². The number of sulfonamides is 1. The van der Waals surface area contributed by atoms with E-state index in [1.807, 2.05) is 56.3 Å². The zero-order chi connectivity index (χ0) is 22.2. The zero-order valence-corrected chi connectivity index (χ0v) is 19.7. The molecule has 0 saturated heterocycles.